The lowest BCUT2D eigenvalue weighted by Crippen LogP contribution is -2.25. The van der Waals surface area contributed by atoms with E-state index in [0.717, 1.165) is 0 Å². The SMILES string of the molecule is CCCCCCCCCCCCCCCCC(Cc1ccccc1)C(C(C)C)n1ccnc1. The third-order valence-electron chi connectivity index (χ3n) is 7.30. The molecule has 186 valence electrons. The fourth-order valence-corrected chi connectivity index (χ4v) is 5.49. The minimum Gasteiger partial charge on any atom is -0.334 e. The van der Waals surface area contributed by atoms with Gasteiger partial charge in [0.05, 0.1) is 6.33 Å². The maximum atomic E-state index is 4.35. The first-order valence-corrected chi connectivity index (χ1v) is 14.2. The van der Waals surface area contributed by atoms with Crippen LogP contribution in [-0.2, 0) is 6.42 Å². The van der Waals surface area contributed by atoms with Crippen molar-refractivity contribution in [3.63, 3.8) is 0 Å². The molecule has 0 aliphatic carbocycles. The zero-order valence-corrected chi connectivity index (χ0v) is 22.1. The molecule has 0 saturated heterocycles. The Bertz CT molecular complexity index is 661. The van der Waals surface area contributed by atoms with Gasteiger partial charge in [-0.25, -0.2) is 4.98 Å². The first kappa shape index (κ1) is 27.7. The number of benzene rings is 1. The molecule has 2 heteroatoms. The van der Waals surface area contributed by atoms with Gasteiger partial charge in [0.2, 0.25) is 0 Å². The summed E-state index contributed by atoms with van der Waals surface area (Å²) < 4.78 is 2.36. The average molecular weight is 453 g/mol. The fraction of sp³-hybridized carbons (Fsp3) is 0.710. The van der Waals surface area contributed by atoms with E-state index in [0.29, 0.717) is 17.9 Å². The lowest BCUT2D eigenvalue weighted by molar-refractivity contribution is 0.234. The number of imidazole rings is 1. The minimum atomic E-state index is 0.523. The summed E-state index contributed by atoms with van der Waals surface area (Å²) in [5.41, 5.74) is 1.47. The number of hydrogen-bond donors (Lipinski definition) is 0. The van der Waals surface area contributed by atoms with Gasteiger partial charge in [0.15, 0.2) is 0 Å². The van der Waals surface area contributed by atoms with Crippen LogP contribution in [0.2, 0.25) is 0 Å². The zero-order chi connectivity index (χ0) is 23.6. The van der Waals surface area contributed by atoms with Crippen molar-refractivity contribution in [2.45, 2.75) is 130 Å². The molecule has 0 saturated carbocycles. The van der Waals surface area contributed by atoms with Gasteiger partial charge < -0.3 is 4.57 Å². The summed E-state index contributed by atoms with van der Waals surface area (Å²) in [5.74, 6) is 1.28. The molecule has 0 bridgehead atoms. The summed E-state index contributed by atoms with van der Waals surface area (Å²) in [5, 5.41) is 0. The molecule has 2 atom stereocenters. The molecule has 2 rings (SSSR count). The summed E-state index contributed by atoms with van der Waals surface area (Å²) in [7, 11) is 0. The minimum absolute atomic E-state index is 0.523. The van der Waals surface area contributed by atoms with Gasteiger partial charge in [-0.1, -0.05) is 141 Å². The van der Waals surface area contributed by atoms with E-state index < -0.39 is 0 Å². The van der Waals surface area contributed by atoms with Crippen molar-refractivity contribution in [3.8, 4) is 0 Å². The van der Waals surface area contributed by atoms with Crippen LogP contribution >= 0.6 is 0 Å². The standard InChI is InChI=1S/C31H52N2/c1-4-5-6-7-8-9-10-11-12-13-14-15-16-20-23-30(26-29-21-18-17-19-22-29)31(28(2)3)33-25-24-32-27-33/h17-19,21-22,24-25,27-28,30-31H,4-16,20,23,26H2,1-3H3. The Balaban J connectivity index is 1.64. The molecule has 1 aromatic carbocycles. The summed E-state index contributed by atoms with van der Waals surface area (Å²) in [4.78, 5) is 4.35. The highest BCUT2D eigenvalue weighted by Crippen LogP contribution is 2.33. The first-order chi connectivity index (χ1) is 16.2. The second-order valence-corrected chi connectivity index (χ2v) is 10.6. The molecule has 33 heavy (non-hydrogen) atoms. The number of nitrogens with zero attached hydrogens (tertiary/aromatic N) is 2. The van der Waals surface area contributed by atoms with Crippen LogP contribution in [0.3, 0.4) is 0 Å². The smallest absolute Gasteiger partial charge is 0.0948 e. The molecule has 0 N–H and O–H groups in total. The van der Waals surface area contributed by atoms with Gasteiger partial charge in [-0.15, -0.1) is 0 Å². The molecule has 0 aliphatic heterocycles. The number of unbranched alkanes of at least 4 members (excludes halogenated alkanes) is 13. The van der Waals surface area contributed by atoms with Gasteiger partial charge in [0, 0.05) is 18.4 Å². The topological polar surface area (TPSA) is 17.8 Å². The Morgan fingerprint density at radius 3 is 1.76 bits per heavy atom. The molecule has 0 spiro atoms. The van der Waals surface area contributed by atoms with Crippen LogP contribution in [0.4, 0.5) is 0 Å². The van der Waals surface area contributed by atoms with Crippen LogP contribution in [0.15, 0.2) is 49.1 Å². The lowest BCUT2D eigenvalue weighted by Gasteiger charge is -2.32. The Morgan fingerprint density at radius 2 is 1.27 bits per heavy atom. The highest BCUT2D eigenvalue weighted by molar-refractivity contribution is 5.15. The maximum Gasteiger partial charge on any atom is 0.0948 e. The summed E-state index contributed by atoms with van der Waals surface area (Å²) in [6.07, 6.45) is 28.6. The second-order valence-electron chi connectivity index (χ2n) is 10.6. The third-order valence-corrected chi connectivity index (χ3v) is 7.30. The van der Waals surface area contributed by atoms with E-state index in [2.05, 4.69) is 66.9 Å². The van der Waals surface area contributed by atoms with Crippen LogP contribution in [0.5, 0.6) is 0 Å². The third kappa shape index (κ3) is 11.9. The van der Waals surface area contributed by atoms with E-state index in [1.807, 2.05) is 12.5 Å². The predicted molar refractivity (Wildman–Crippen MR) is 145 cm³/mol. The molecular weight excluding hydrogens is 400 g/mol. The summed E-state index contributed by atoms with van der Waals surface area (Å²) >= 11 is 0. The Morgan fingerprint density at radius 1 is 0.727 bits per heavy atom. The predicted octanol–water partition coefficient (Wildman–Crippen LogP) is 9.81. The van der Waals surface area contributed by atoms with Crippen molar-refractivity contribution in [1.29, 1.82) is 0 Å². The van der Waals surface area contributed by atoms with Crippen molar-refractivity contribution in [3.05, 3.63) is 54.6 Å². The van der Waals surface area contributed by atoms with E-state index in [-0.39, 0.29) is 0 Å². The highest BCUT2D eigenvalue weighted by Gasteiger charge is 2.25. The van der Waals surface area contributed by atoms with E-state index in [9.17, 15) is 0 Å². The summed E-state index contributed by atoms with van der Waals surface area (Å²) in [6, 6.07) is 11.6. The van der Waals surface area contributed by atoms with Crippen LogP contribution in [0, 0.1) is 11.8 Å². The quantitative estimate of drug-likeness (QED) is 0.183. The van der Waals surface area contributed by atoms with E-state index >= 15 is 0 Å². The van der Waals surface area contributed by atoms with E-state index in [4.69, 9.17) is 0 Å². The maximum absolute atomic E-state index is 4.35. The molecule has 0 aliphatic rings. The van der Waals surface area contributed by atoms with Gasteiger partial charge in [-0.05, 0) is 30.2 Å². The zero-order valence-electron chi connectivity index (χ0n) is 22.1. The molecule has 2 nitrogen and oxygen atoms in total. The molecule has 1 heterocycles. The molecular formula is C31H52N2. The van der Waals surface area contributed by atoms with Crippen molar-refractivity contribution in [2.75, 3.05) is 0 Å². The average Bonchev–Trinajstić information content (AvgIpc) is 3.34. The number of aromatic nitrogens is 2. The van der Waals surface area contributed by atoms with E-state index in [1.54, 1.807) is 0 Å². The van der Waals surface area contributed by atoms with Gasteiger partial charge in [0.25, 0.3) is 0 Å². The van der Waals surface area contributed by atoms with Crippen molar-refractivity contribution in [1.82, 2.24) is 9.55 Å². The monoisotopic (exact) mass is 452 g/mol. The van der Waals surface area contributed by atoms with Gasteiger partial charge in [-0.3, -0.25) is 0 Å². The van der Waals surface area contributed by atoms with Crippen LogP contribution in [0.25, 0.3) is 0 Å². The summed E-state index contributed by atoms with van der Waals surface area (Å²) in [6.45, 7) is 7.04. The van der Waals surface area contributed by atoms with Crippen LogP contribution < -0.4 is 0 Å². The molecule has 2 aromatic rings. The normalized spacial score (nSPS) is 13.5. The van der Waals surface area contributed by atoms with Crippen LogP contribution in [0.1, 0.15) is 129 Å². The number of hydrogen-bond acceptors (Lipinski definition) is 1. The molecule has 0 radical (unpaired) electrons. The lowest BCUT2D eigenvalue weighted by atomic mass is 9.82. The molecule has 0 amide bonds. The largest absolute Gasteiger partial charge is 0.334 e. The Hall–Kier alpha value is -1.57. The fourth-order valence-electron chi connectivity index (χ4n) is 5.49. The molecule has 2 unspecified atom stereocenters. The number of rotatable bonds is 20. The van der Waals surface area contributed by atoms with Crippen molar-refractivity contribution in [2.24, 2.45) is 11.8 Å². The molecule has 0 fully saturated rings. The highest BCUT2D eigenvalue weighted by atomic mass is 15.1. The van der Waals surface area contributed by atoms with Crippen LogP contribution in [-0.4, -0.2) is 9.55 Å². The van der Waals surface area contributed by atoms with Crippen molar-refractivity contribution < 1.29 is 0 Å². The van der Waals surface area contributed by atoms with Gasteiger partial charge in [-0.2, -0.15) is 0 Å². The van der Waals surface area contributed by atoms with E-state index in [1.165, 1.54) is 108 Å². The Labute approximate surface area is 205 Å². The van der Waals surface area contributed by atoms with Crippen molar-refractivity contribution >= 4 is 0 Å². The van der Waals surface area contributed by atoms with Gasteiger partial charge in [0.1, 0.15) is 0 Å². The first-order valence-electron chi connectivity index (χ1n) is 14.2. The second kappa shape index (κ2) is 17.8. The Kier molecular flexibility index (Phi) is 15.0. The molecule has 1 aromatic heterocycles. The van der Waals surface area contributed by atoms with Gasteiger partial charge >= 0.3 is 0 Å².